The number of quaternary nitrogens is 1. The second kappa shape index (κ2) is 63.0. The maximum absolute atomic E-state index is 13.1. The minimum Gasteiger partial charge on any atom is -0.756 e. The van der Waals surface area contributed by atoms with Crippen molar-refractivity contribution < 1.29 is 32.9 Å². The zero-order chi connectivity index (χ0) is 58.4. The van der Waals surface area contributed by atoms with Crippen LogP contribution in [0.2, 0.25) is 0 Å². The lowest BCUT2D eigenvalue weighted by atomic mass is 10.0. The van der Waals surface area contributed by atoms with Crippen molar-refractivity contribution in [1.82, 2.24) is 5.32 Å². The third kappa shape index (κ3) is 65.1. The molecule has 3 unspecified atom stereocenters. The molecule has 0 aromatic carbocycles. The Morgan fingerprint density at radius 3 is 0.850 bits per heavy atom. The van der Waals surface area contributed by atoms with Crippen LogP contribution in [0.1, 0.15) is 399 Å². The van der Waals surface area contributed by atoms with Gasteiger partial charge in [-0.05, 0) is 12.8 Å². The van der Waals surface area contributed by atoms with Crippen molar-refractivity contribution in [3.8, 4) is 0 Å². The van der Waals surface area contributed by atoms with Gasteiger partial charge >= 0.3 is 0 Å². The number of carbonyl (C=O) groups is 1. The van der Waals surface area contributed by atoms with E-state index in [1.165, 1.54) is 334 Å². The van der Waals surface area contributed by atoms with E-state index in [1.807, 2.05) is 21.1 Å². The summed E-state index contributed by atoms with van der Waals surface area (Å²) in [6.45, 7) is 4.80. The Morgan fingerprint density at radius 2 is 0.613 bits per heavy atom. The van der Waals surface area contributed by atoms with Crippen molar-refractivity contribution in [1.29, 1.82) is 0 Å². The molecule has 0 bridgehead atoms. The third-order valence-electron chi connectivity index (χ3n) is 17.3. The van der Waals surface area contributed by atoms with Crippen molar-refractivity contribution in [3.05, 3.63) is 0 Å². The highest BCUT2D eigenvalue weighted by atomic mass is 31.2. The van der Waals surface area contributed by atoms with Crippen LogP contribution >= 0.6 is 7.82 Å². The number of hydrogen-bond donors (Lipinski definition) is 2. The summed E-state index contributed by atoms with van der Waals surface area (Å²) in [6, 6.07) is -0.797. The highest BCUT2D eigenvalue weighted by Gasteiger charge is 2.24. The van der Waals surface area contributed by atoms with Crippen LogP contribution in [0.3, 0.4) is 0 Å². The van der Waals surface area contributed by atoms with Crippen molar-refractivity contribution in [3.63, 3.8) is 0 Å². The van der Waals surface area contributed by atoms with Gasteiger partial charge in [0.1, 0.15) is 13.2 Å². The van der Waals surface area contributed by atoms with E-state index in [0.29, 0.717) is 23.9 Å². The number of phosphoric ester groups is 1. The Hall–Kier alpha value is -0.500. The van der Waals surface area contributed by atoms with E-state index < -0.39 is 20.0 Å². The van der Waals surface area contributed by atoms with Crippen LogP contribution in [0.4, 0.5) is 0 Å². The van der Waals surface area contributed by atoms with Gasteiger partial charge in [-0.15, -0.1) is 0 Å². The topological polar surface area (TPSA) is 108 Å². The zero-order valence-corrected chi connectivity index (χ0v) is 56.0. The maximum Gasteiger partial charge on any atom is 0.268 e. The molecule has 0 aliphatic carbocycles. The van der Waals surface area contributed by atoms with Gasteiger partial charge < -0.3 is 28.8 Å². The van der Waals surface area contributed by atoms with Crippen molar-refractivity contribution in [2.75, 3.05) is 40.9 Å². The van der Waals surface area contributed by atoms with Crippen LogP contribution < -0.4 is 10.2 Å². The minimum atomic E-state index is -4.57. The molecule has 1 amide bonds. The Balaban J connectivity index is 3.89. The minimum absolute atomic E-state index is 0.0169. The summed E-state index contributed by atoms with van der Waals surface area (Å²) >= 11 is 0. The molecular weight excluding hydrogens is 1010 g/mol. The summed E-state index contributed by atoms with van der Waals surface area (Å²) in [7, 11) is 1.33. The Bertz CT molecular complexity index is 1260. The van der Waals surface area contributed by atoms with Crippen molar-refractivity contribution in [2.24, 2.45) is 0 Å². The number of carbonyl (C=O) groups excluding carboxylic acids is 1. The first-order chi connectivity index (χ1) is 39.0. The Labute approximate surface area is 501 Å². The number of aliphatic hydroxyl groups is 1. The number of phosphoric acid groups is 1. The van der Waals surface area contributed by atoms with Gasteiger partial charge in [0.15, 0.2) is 0 Å². The first-order valence-electron chi connectivity index (χ1n) is 36.4. The van der Waals surface area contributed by atoms with Crippen LogP contribution in [0.5, 0.6) is 0 Å². The molecule has 0 radical (unpaired) electrons. The van der Waals surface area contributed by atoms with Crippen LogP contribution in [-0.4, -0.2) is 68.5 Å². The number of likely N-dealkylation sites (N-methyl/N-ethyl adjacent to an activating group) is 1. The van der Waals surface area contributed by atoms with Gasteiger partial charge in [-0.25, -0.2) is 0 Å². The van der Waals surface area contributed by atoms with Gasteiger partial charge in [0.25, 0.3) is 7.82 Å². The first kappa shape index (κ1) is 79.5. The highest BCUT2D eigenvalue weighted by Crippen LogP contribution is 2.38. The van der Waals surface area contributed by atoms with Gasteiger partial charge in [-0.3, -0.25) is 9.36 Å². The molecule has 0 aromatic rings. The fourth-order valence-corrected chi connectivity index (χ4v) is 12.4. The molecule has 0 aliphatic heterocycles. The van der Waals surface area contributed by atoms with Gasteiger partial charge in [-0.2, -0.15) is 0 Å². The molecule has 0 heterocycles. The fraction of sp³-hybridized carbons (Fsp3) is 0.986. The largest absolute Gasteiger partial charge is 0.756 e. The SMILES string of the molecule is CCCCCCCCCCCCCCCCCCCCCCCCCCCCCCCCCCCCCCCC(=O)NC(COP(=O)([O-])OCC[N+](C)(C)C)C(O)CCCCCCCCCCCCCCCCCCCCCCC. The second-order valence-corrected chi connectivity index (χ2v) is 28.1. The van der Waals surface area contributed by atoms with E-state index in [-0.39, 0.29) is 19.1 Å². The summed E-state index contributed by atoms with van der Waals surface area (Å²) in [5.41, 5.74) is 0. The first-order valence-corrected chi connectivity index (χ1v) is 37.8. The van der Waals surface area contributed by atoms with Gasteiger partial charge in [0.05, 0.1) is 39.9 Å². The van der Waals surface area contributed by atoms with Crippen LogP contribution in [0, 0.1) is 0 Å². The molecule has 80 heavy (non-hydrogen) atoms. The number of amides is 1. The van der Waals surface area contributed by atoms with Crippen molar-refractivity contribution in [2.45, 2.75) is 411 Å². The molecular formula is C71H145N2O6P. The molecule has 3 atom stereocenters. The number of nitrogens with zero attached hydrogens (tertiary/aromatic N) is 1. The molecule has 0 saturated heterocycles. The highest BCUT2D eigenvalue weighted by molar-refractivity contribution is 7.45. The summed E-state index contributed by atoms with van der Waals surface area (Å²) in [5, 5.41) is 14.1. The summed E-state index contributed by atoms with van der Waals surface area (Å²) in [5.74, 6) is -0.153. The molecule has 0 aromatic heterocycles. The van der Waals surface area contributed by atoms with Crippen LogP contribution in [-0.2, 0) is 18.4 Å². The molecule has 0 saturated carbocycles. The Morgan fingerprint density at radius 1 is 0.388 bits per heavy atom. The molecule has 0 aliphatic rings. The average Bonchev–Trinajstić information content (AvgIpc) is 3.42. The van der Waals surface area contributed by atoms with Crippen LogP contribution in [0.15, 0.2) is 0 Å². The molecule has 0 spiro atoms. The number of aliphatic hydroxyl groups excluding tert-OH is 1. The molecule has 2 N–H and O–H groups in total. The quantitative estimate of drug-likeness (QED) is 0.0357. The lowest BCUT2D eigenvalue weighted by molar-refractivity contribution is -0.870. The van der Waals surface area contributed by atoms with E-state index in [2.05, 4.69) is 19.2 Å². The molecule has 8 nitrogen and oxygen atoms in total. The number of hydrogen-bond acceptors (Lipinski definition) is 6. The summed E-state index contributed by atoms with van der Waals surface area (Å²) in [4.78, 5) is 25.7. The maximum atomic E-state index is 13.1. The lowest BCUT2D eigenvalue weighted by Crippen LogP contribution is -2.46. The number of nitrogens with one attached hydrogen (secondary N) is 1. The zero-order valence-electron chi connectivity index (χ0n) is 55.1. The fourth-order valence-electron chi connectivity index (χ4n) is 11.7. The summed E-state index contributed by atoms with van der Waals surface area (Å²) < 4.78 is 23.5. The smallest absolute Gasteiger partial charge is 0.268 e. The third-order valence-corrected chi connectivity index (χ3v) is 18.3. The predicted octanol–water partition coefficient (Wildman–Crippen LogP) is 22.5. The van der Waals surface area contributed by atoms with E-state index in [0.717, 1.165) is 38.5 Å². The number of rotatable bonds is 69. The van der Waals surface area contributed by atoms with E-state index >= 15 is 0 Å². The van der Waals surface area contributed by atoms with Gasteiger partial charge in [-0.1, -0.05) is 380 Å². The molecule has 0 rings (SSSR count). The molecule has 480 valence electrons. The lowest BCUT2D eigenvalue weighted by Gasteiger charge is -2.30. The standard InChI is InChI=1S/C71H145N2O6P/c1-6-8-10-12-14-16-18-20-22-24-26-28-29-30-31-32-33-34-35-36-37-38-39-40-41-42-43-45-47-49-51-53-55-57-59-61-63-65-71(75)72-69(68-79-80(76,77)78-67-66-73(3,4)5)70(74)64-62-60-58-56-54-52-50-48-46-44-27-25-23-21-19-17-15-13-11-9-7-2/h69-70,74H,6-68H2,1-5H3,(H-,72,75,76,77). The van der Waals surface area contributed by atoms with Crippen molar-refractivity contribution >= 4 is 13.7 Å². The Kier molecular flexibility index (Phi) is 62.6. The average molecular weight is 1150 g/mol. The van der Waals surface area contributed by atoms with E-state index in [9.17, 15) is 19.4 Å². The van der Waals surface area contributed by atoms with Gasteiger partial charge in [0.2, 0.25) is 5.91 Å². The normalized spacial score (nSPS) is 13.5. The van der Waals surface area contributed by atoms with Crippen LogP contribution in [0.25, 0.3) is 0 Å². The van der Waals surface area contributed by atoms with E-state index in [4.69, 9.17) is 9.05 Å². The molecule has 9 heteroatoms. The monoisotopic (exact) mass is 1150 g/mol. The molecule has 0 fully saturated rings. The number of unbranched alkanes of at least 4 members (excludes halogenated alkanes) is 56. The van der Waals surface area contributed by atoms with Gasteiger partial charge in [0, 0.05) is 6.42 Å². The second-order valence-electron chi connectivity index (χ2n) is 26.7. The predicted molar refractivity (Wildman–Crippen MR) is 349 cm³/mol. The summed E-state index contributed by atoms with van der Waals surface area (Å²) in [6.07, 6.45) is 79.2. The van der Waals surface area contributed by atoms with E-state index in [1.54, 1.807) is 0 Å².